The molecular weight excluding hydrogens is 597 g/mol. The number of ketones is 4. The van der Waals surface area contributed by atoms with Crippen LogP contribution in [-0.2, 0) is 32.1 Å². The summed E-state index contributed by atoms with van der Waals surface area (Å²) in [6.07, 6.45) is -4.47. The van der Waals surface area contributed by atoms with E-state index in [2.05, 4.69) is 5.32 Å². The summed E-state index contributed by atoms with van der Waals surface area (Å²) in [7, 11) is 1.40. The van der Waals surface area contributed by atoms with E-state index in [0.29, 0.717) is 28.0 Å². The molecule has 0 aromatic heterocycles. The number of primary amides is 1. The molecule has 0 radical (unpaired) electrons. The van der Waals surface area contributed by atoms with Crippen LogP contribution in [0.15, 0.2) is 30.3 Å². The van der Waals surface area contributed by atoms with Gasteiger partial charge in [0.1, 0.15) is 11.5 Å². The number of fused-ring (bicyclic) bond motifs is 3. The van der Waals surface area contributed by atoms with Gasteiger partial charge in [-0.3, -0.25) is 24.0 Å². The van der Waals surface area contributed by atoms with Crippen LogP contribution in [0.5, 0.6) is 11.5 Å². The molecule has 0 saturated heterocycles. The number of halogens is 3. The fraction of sp³-hybridized carbons (Fsp3) is 0.469. The number of rotatable bonds is 7. The lowest BCUT2D eigenvalue weighted by Crippen LogP contribution is -2.71. The summed E-state index contributed by atoms with van der Waals surface area (Å²) in [5.41, 5.74) is 4.06. The van der Waals surface area contributed by atoms with Gasteiger partial charge in [-0.25, -0.2) is 0 Å². The molecule has 0 heterocycles. The average molecular weight is 631 g/mol. The van der Waals surface area contributed by atoms with Crippen molar-refractivity contribution in [2.75, 3.05) is 13.7 Å². The lowest BCUT2D eigenvalue weighted by Gasteiger charge is -2.52. The molecular formula is C32H33F3N2O8. The minimum atomic E-state index is -4.41. The van der Waals surface area contributed by atoms with Crippen LogP contribution in [0.3, 0.4) is 0 Å². The number of aliphatic hydroxyl groups is 1. The Hall–Kier alpha value is -4.10. The van der Waals surface area contributed by atoms with Gasteiger partial charge in [-0.2, -0.15) is 13.2 Å². The van der Waals surface area contributed by atoms with E-state index in [-0.39, 0.29) is 24.9 Å². The first kappa shape index (κ1) is 32.3. The summed E-state index contributed by atoms with van der Waals surface area (Å²) in [6, 6.07) is 7.54. The van der Waals surface area contributed by atoms with Crippen molar-refractivity contribution in [1.29, 1.82) is 0 Å². The Morgan fingerprint density at radius 2 is 1.80 bits per heavy atom. The van der Waals surface area contributed by atoms with E-state index in [9.17, 15) is 47.4 Å². The monoisotopic (exact) mass is 630 g/mol. The summed E-state index contributed by atoms with van der Waals surface area (Å²) in [5.74, 6) is -12.6. The van der Waals surface area contributed by atoms with Gasteiger partial charge in [0, 0.05) is 23.9 Å². The number of hydrogen-bond acceptors (Lipinski definition) is 9. The van der Waals surface area contributed by atoms with Gasteiger partial charge in [-0.1, -0.05) is 26.0 Å². The molecule has 5 N–H and O–H groups in total. The smallest absolute Gasteiger partial charge is 0.401 e. The predicted molar refractivity (Wildman–Crippen MR) is 152 cm³/mol. The standard InChI is InChI=1S/C32H33F3N2O8/c1-13(2)22-19-10-15-9-18-16(17-8-14(4-7-21(17)45-3)11-37-12-31(33,34)35)5-6-20(38)24(18)27(40)23(15)28(41)32(19,44)29(42)25(26(22)39)30(36)43/h4-8,13,15,19,22-23,25,37-38,44H,9-12H2,1-3H3,(H2,36,43)/t15-,19-,22-,23?,25?,32-/m0/s1. The molecule has 0 aliphatic heterocycles. The quantitative estimate of drug-likeness (QED) is 0.336. The van der Waals surface area contributed by atoms with E-state index in [4.69, 9.17) is 10.5 Å². The number of carbonyl (C=O) groups excluding carboxylic acids is 5. The van der Waals surface area contributed by atoms with Crippen molar-refractivity contribution in [2.24, 2.45) is 41.2 Å². The highest BCUT2D eigenvalue weighted by atomic mass is 19.4. The van der Waals surface area contributed by atoms with E-state index >= 15 is 0 Å². The first-order valence-corrected chi connectivity index (χ1v) is 14.5. The van der Waals surface area contributed by atoms with Crippen molar-refractivity contribution >= 4 is 29.0 Å². The SMILES string of the molecule is COc1ccc(CNCC(F)(F)F)cc1-c1ccc(O)c2c1C[C@H]1C[C@H]3[C@H](C(C)C)C(=O)C(C(N)=O)C(=O)[C@@]3(O)C(=O)C1C2=O. The number of benzene rings is 2. The number of amides is 1. The minimum absolute atomic E-state index is 0.0277. The summed E-state index contributed by atoms with van der Waals surface area (Å²) < 4.78 is 43.6. The summed E-state index contributed by atoms with van der Waals surface area (Å²) >= 11 is 0. The van der Waals surface area contributed by atoms with E-state index in [1.54, 1.807) is 32.0 Å². The van der Waals surface area contributed by atoms with Gasteiger partial charge >= 0.3 is 6.18 Å². The van der Waals surface area contributed by atoms with Gasteiger partial charge in [-0.05, 0) is 59.6 Å². The van der Waals surface area contributed by atoms with Crippen LogP contribution in [0.25, 0.3) is 11.1 Å². The van der Waals surface area contributed by atoms with Crippen LogP contribution in [0.2, 0.25) is 0 Å². The van der Waals surface area contributed by atoms with Gasteiger partial charge < -0.3 is 26.0 Å². The third kappa shape index (κ3) is 5.21. The molecule has 2 unspecified atom stereocenters. The molecule has 10 nitrogen and oxygen atoms in total. The van der Waals surface area contributed by atoms with Crippen molar-refractivity contribution in [3.63, 3.8) is 0 Å². The number of ether oxygens (including phenoxy) is 1. The molecule has 5 rings (SSSR count). The lowest BCUT2D eigenvalue weighted by molar-refractivity contribution is -0.182. The van der Waals surface area contributed by atoms with E-state index in [0.717, 1.165) is 0 Å². The maximum absolute atomic E-state index is 14.0. The molecule has 45 heavy (non-hydrogen) atoms. The number of methoxy groups -OCH3 is 1. The highest BCUT2D eigenvalue weighted by Crippen LogP contribution is 2.54. The van der Waals surface area contributed by atoms with Crippen molar-refractivity contribution in [3.05, 3.63) is 47.0 Å². The number of nitrogens with two attached hydrogens (primary N) is 1. The molecule has 0 spiro atoms. The highest BCUT2D eigenvalue weighted by molar-refractivity contribution is 6.32. The largest absolute Gasteiger partial charge is 0.507 e. The molecule has 0 bridgehead atoms. The number of carbonyl (C=O) groups is 5. The molecule has 240 valence electrons. The van der Waals surface area contributed by atoms with Crippen LogP contribution >= 0.6 is 0 Å². The van der Waals surface area contributed by atoms with Crippen molar-refractivity contribution in [2.45, 2.75) is 45.0 Å². The molecule has 2 saturated carbocycles. The van der Waals surface area contributed by atoms with Crippen LogP contribution in [0, 0.1) is 35.5 Å². The van der Waals surface area contributed by atoms with E-state index in [1.807, 2.05) is 0 Å². The first-order chi connectivity index (χ1) is 21.0. The molecule has 1 amide bonds. The number of nitrogens with one attached hydrogen (secondary N) is 1. The summed E-state index contributed by atoms with van der Waals surface area (Å²) in [5, 5.41) is 24.9. The number of hydrogen-bond donors (Lipinski definition) is 4. The Balaban J connectivity index is 1.60. The number of Topliss-reactive ketones (excluding diaryl/α,β-unsaturated/α-hetero) is 4. The van der Waals surface area contributed by atoms with Crippen LogP contribution < -0.4 is 15.8 Å². The first-order valence-electron chi connectivity index (χ1n) is 14.5. The number of alkyl halides is 3. The Morgan fingerprint density at radius 1 is 1.11 bits per heavy atom. The fourth-order valence-electron chi connectivity index (χ4n) is 7.53. The topological polar surface area (TPSA) is 173 Å². The summed E-state index contributed by atoms with van der Waals surface area (Å²) in [4.78, 5) is 67.0. The average Bonchev–Trinajstić information content (AvgIpc) is 2.94. The second kappa shape index (κ2) is 11.4. The number of aromatic hydroxyl groups is 1. The second-order valence-electron chi connectivity index (χ2n) is 12.4. The molecule has 2 aromatic rings. The molecule has 6 atom stereocenters. The van der Waals surface area contributed by atoms with Crippen LogP contribution in [0.1, 0.15) is 41.8 Å². The Morgan fingerprint density at radius 3 is 2.40 bits per heavy atom. The van der Waals surface area contributed by atoms with Gasteiger partial charge in [0.15, 0.2) is 34.7 Å². The number of phenolic OH excluding ortho intramolecular Hbond substituents is 1. The zero-order valence-corrected chi connectivity index (χ0v) is 24.7. The van der Waals surface area contributed by atoms with Gasteiger partial charge in [0.25, 0.3) is 0 Å². The maximum atomic E-state index is 14.0. The van der Waals surface area contributed by atoms with Gasteiger partial charge in [-0.15, -0.1) is 0 Å². The van der Waals surface area contributed by atoms with E-state index in [1.165, 1.54) is 19.2 Å². The lowest BCUT2D eigenvalue weighted by atomic mass is 9.49. The summed E-state index contributed by atoms with van der Waals surface area (Å²) in [6.45, 7) is 1.99. The van der Waals surface area contributed by atoms with E-state index < -0.39 is 88.6 Å². The molecule has 2 fully saturated rings. The van der Waals surface area contributed by atoms with Crippen molar-refractivity contribution < 1.29 is 52.1 Å². The molecule has 3 aliphatic rings. The second-order valence-corrected chi connectivity index (χ2v) is 12.4. The normalized spacial score (nSPS) is 28.0. The van der Waals surface area contributed by atoms with Gasteiger partial charge in [0.05, 0.1) is 25.1 Å². The van der Waals surface area contributed by atoms with Crippen molar-refractivity contribution in [3.8, 4) is 22.6 Å². The Kier molecular flexibility index (Phi) is 8.15. The highest BCUT2D eigenvalue weighted by Gasteiger charge is 2.69. The van der Waals surface area contributed by atoms with Crippen LogP contribution in [0.4, 0.5) is 13.2 Å². The minimum Gasteiger partial charge on any atom is -0.507 e. The zero-order chi connectivity index (χ0) is 33.2. The van der Waals surface area contributed by atoms with Crippen molar-refractivity contribution in [1.82, 2.24) is 5.32 Å². The number of phenols is 1. The van der Waals surface area contributed by atoms with Crippen LogP contribution in [-0.4, -0.2) is 64.7 Å². The fourth-order valence-corrected chi connectivity index (χ4v) is 7.53. The predicted octanol–water partition coefficient (Wildman–Crippen LogP) is 2.54. The molecule has 2 aromatic carbocycles. The Bertz CT molecular complexity index is 1620. The molecule has 13 heteroatoms. The molecule has 3 aliphatic carbocycles. The maximum Gasteiger partial charge on any atom is 0.401 e. The Labute approximate surface area is 256 Å². The van der Waals surface area contributed by atoms with Gasteiger partial charge in [0.2, 0.25) is 5.91 Å². The zero-order valence-electron chi connectivity index (χ0n) is 24.7. The third-order valence-corrected chi connectivity index (χ3v) is 9.40. The third-order valence-electron chi connectivity index (χ3n) is 9.40.